The molecule has 1 aliphatic carbocycles. The van der Waals surface area contributed by atoms with Crippen molar-refractivity contribution >= 4 is 5.82 Å². The highest BCUT2D eigenvalue weighted by molar-refractivity contribution is 5.35. The van der Waals surface area contributed by atoms with Crippen molar-refractivity contribution in [3.8, 4) is 0 Å². The van der Waals surface area contributed by atoms with Gasteiger partial charge in [-0.05, 0) is 31.6 Å². The minimum Gasteiger partial charge on any atom is -0.378 e. The lowest BCUT2D eigenvalue weighted by molar-refractivity contribution is 0.0164. The van der Waals surface area contributed by atoms with Crippen LogP contribution in [0.1, 0.15) is 38.5 Å². The second-order valence-corrected chi connectivity index (χ2v) is 5.73. The van der Waals surface area contributed by atoms with Gasteiger partial charge in [-0.25, -0.2) is 4.98 Å². The summed E-state index contributed by atoms with van der Waals surface area (Å²) >= 11 is 0. The zero-order valence-corrected chi connectivity index (χ0v) is 11.5. The molecule has 0 N–H and O–H groups in total. The van der Waals surface area contributed by atoms with Crippen LogP contribution in [0.25, 0.3) is 0 Å². The molecule has 1 saturated carbocycles. The largest absolute Gasteiger partial charge is 0.378 e. The molecule has 0 radical (unpaired) electrons. The smallest absolute Gasteiger partial charge is 0.147 e. The Morgan fingerprint density at radius 1 is 1.11 bits per heavy atom. The van der Waals surface area contributed by atoms with Gasteiger partial charge in [0.1, 0.15) is 5.82 Å². The van der Waals surface area contributed by atoms with Crippen LogP contribution in [0.3, 0.4) is 0 Å². The normalized spacial score (nSPS) is 22.0. The van der Waals surface area contributed by atoms with E-state index in [0.717, 1.165) is 44.3 Å². The van der Waals surface area contributed by atoms with Gasteiger partial charge < -0.3 is 9.64 Å². The molecule has 1 aromatic rings. The fourth-order valence-electron chi connectivity index (χ4n) is 3.16. The Kier molecular flexibility index (Phi) is 4.28. The van der Waals surface area contributed by atoms with Crippen molar-refractivity contribution in [2.45, 2.75) is 44.6 Å². The van der Waals surface area contributed by atoms with Crippen molar-refractivity contribution in [1.82, 2.24) is 9.97 Å². The molecule has 0 spiro atoms. The van der Waals surface area contributed by atoms with Crippen LogP contribution < -0.4 is 4.90 Å². The van der Waals surface area contributed by atoms with Gasteiger partial charge in [-0.15, -0.1) is 0 Å². The zero-order valence-electron chi connectivity index (χ0n) is 11.5. The Morgan fingerprint density at radius 2 is 1.89 bits per heavy atom. The monoisotopic (exact) mass is 261 g/mol. The third kappa shape index (κ3) is 3.44. The molecular formula is C15H23N3O. The van der Waals surface area contributed by atoms with Crippen molar-refractivity contribution in [1.29, 1.82) is 0 Å². The summed E-state index contributed by atoms with van der Waals surface area (Å²) in [6.45, 7) is 3.05. The predicted molar refractivity (Wildman–Crippen MR) is 75.2 cm³/mol. The molecule has 1 aromatic heterocycles. The van der Waals surface area contributed by atoms with Crippen LogP contribution in [0.2, 0.25) is 0 Å². The van der Waals surface area contributed by atoms with E-state index in [2.05, 4.69) is 14.9 Å². The number of piperidine rings is 1. The molecule has 0 atom stereocenters. The molecule has 0 unspecified atom stereocenters. The van der Waals surface area contributed by atoms with Gasteiger partial charge in [-0.1, -0.05) is 12.8 Å². The number of nitrogens with zero attached hydrogens (tertiary/aromatic N) is 3. The number of ether oxygens (including phenoxy) is 1. The standard InChI is InChI=1S/C15H23N3O/c1-2-4-13(3-1)12-19-14-5-9-18(10-6-14)15-11-16-7-8-17-15/h7-8,11,13-14H,1-6,9-10,12H2. The highest BCUT2D eigenvalue weighted by Gasteiger charge is 2.22. The van der Waals surface area contributed by atoms with E-state index in [0.29, 0.717) is 6.10 Å². The van der Waals surface area contributed by atoms with Gasteiger partial charge in [0.25, 0.3) is 0 Å². The van der Waals surface area contributed by atoms with Crippen molar-refractivity contribution in [3.63, 3.8) is 0 Å². The summed E-state index contributed by atoms with van der Waals surface area (Å²) in [5.74, 6) is 1.83. The second kappa shape index (κ2) is 6.33. The summed E-state index contributed by atoms with van der Waals surface area (Å²) in [5, 5.41) is 0. The summed E-state index contributed by atoms with van der Waals surface area (Å²) in [6.07, 6.45) is 13.6. The molecule has 2 aliphatic rings. The lowest BCUT2D eigenvalue weighted by Crippen LogP contribution is -2.38. The maximum absolute atomic E-state index is 6.09. The maximum Gasteiger partial charge on any atom is 0.147 e. The molecule has 0 amide bonds. The van der Waals surface area contributed by atoms with Gasteiger partial charge >= 0.3 is 0 Å². The predicted octanol–water partition coefficient (Wildman–Crippen LogP) is 2.65. The van der Waals surface area contributed by atoms with Gasteiger partial charge in [-0.3, -0.25) is 4.98 Å². The van der Waals surface area contributed by atoms with Crippen molar-refractivity contribution in [3.05, 3.63) is 18.6 Å². The number of aromatic nitrogens is 2. The van der Waals surface area contributed by atoms with Crippen molar-refractivity contribution < 1.29 is 4.74 Å². The van der Waals surface area contributed by atoms with Crippen LogP contribution >= 0.6 is 0 Å². The van der Waals surface area contributed by atoms with E-state index in [1.165, 1.54) is 25.7 Å². The Bertz CT molecular complexity index is 370. The third-order valence-corrected chi connectivity index (χ3v) is 4.36. The molecule has 4 heteroatoms. The van der Waals surface area contributed by atoms with Crippen LogP contribution in [0.15, 0.2) is 18.6 Å². The van der Waals surface area contributed by atoms with Crippen LogP contribution in [-0.2, 0) is 4.74 Å². The van der Waals surface area contributed by atoms with E-state index in [-0.39, 0.29) is 0 Å². The van der Waals surface area contributed by atoms with Crippen LogP contribution in [-0.4, -0.2) is 35.8 Å². The molecular weight excluding hydrogens is 238 g/mol. The molecule has 4 nitrogen and oxygen atoms in total. The van der Waals surface area contributed by atoms with Crippen LogP contribution in [0, 0.1) is 5.92 Å². The fourth-order valence-corrected chi connectivity index (χ4v) is 3.16. The van der Waals surface area contributed by atoms with E-state index in [4.69, 9.17) is 4.74 Å². The number of anilines is 1. The Labute approximate surface area is 115 Å². The highest BCUT2D eigenvalue weighted by atomic mass is 16.5. The first-order chi connectivity index (χ1) is 9.42. The van der Waals surface area contributed by atoms with E-state index >= 15 is 0 Å². The lowest BCUT2D eigenvalue weighted by Gasteiger charge is -2.32. The average Bonchev–Trinajstić information content (AvgIpc) is 3.00. The van der Waals surface area contributed by atoms with E-state index < -0.39 is 0 Å². The zero-order chi connectivity index (χ0) is 12.9. The Hall–Kier alpha value is -1.16. The van der Waals surface area contributed by atoms with Gasteiger partial charge in [0, 0.05) is 32.1 Å². The topological polar surface area (TPSA) is 38.2 Å². The molecule has 2 fully saturated rings. The third-order valence-electron chi connectivity index (χ3n) is 4.36. The maximum atomic E-state index is 6.09. The molecule has 0 aromatic carbocycles. The Morgan fingerprint density at radius 3 is 2.58 bits per heavy atom. The molecule has 2 heterocycles. The molecule has 1 aliphatic heterocycles. The molecule has 19 heavy (non-hydrogen) atoms. The van der Waals surface area contributed by atoms with E-state index in [9.17, 15) is 0 Å². The summed E-state index contributed by atoms with van der Waals surface area (Å²) in [5.41, 5.74) is 0. The quantitative estimate of drug-likeness (QED) is 0.835. The van der Waals surface area contributed by atoms with Crippen molar-refractivity contribution in [2.75, 3.05) is 24.6 Å². The first-order valence-electron chi connectivity index (χ1n) is 7.54. The van der Waals surface area contributed by atoms with Crippen molar-refractivity contribution in [2.24, 2.45) is 5.92 Å². The van der Waals surface area contributed by atoms with E-state index in [1.807, 2.05) is 6.20 Å². The van der Waals surface area contributed by atoms with Crippen LogP contribution in [0.4, 0.5) is 5.82 Å². The first-order valence-corrected chi connectivity index (χ1v) is 7.54. The minimum absolute atomic E-state index is 0.452. The first kappa shape index (κ1) is 12.9. The second-order valence-electron chi connectivity index (χ2n) is 5.73. The summed E-state index contributed by atoms with van der Waals surface area (Å²) in [6, 6.07) is 0. The lowest BCUT2D eigenvalue weighted by atomic mass is 10.1. The molecule has 104 valence electrons. The average molecular weight is 261 g/mol. The number of rotatable bonds is 4. The SMILES string of the molecule is c1cnc(N2CCC(OCC3CCCC3)CC2)cn1. The van der Waals surface area contributed by atoms with Gasteiger partial charge in [-0.2, -0.15) is 0 Å². The summed E-state index contributed by atoms with van der Waals surface area (Å²) < 4.78 is 6.09. The van der Waals surface area contributed by atoms with Gasteiger partial charge in [0.05, 0.1) is 12.3 Å². The molecule has 0 bridgehead atoms. The minimum atomic E-state index is 0.452. The molecule has 1 saturated heterocycles. The van der Waals surface area contributed by atoms with E-state index in [1.54, 1.807) is 12.4 Å². The van der Waals surface area contributed by atoms with Crippen LogP contribution in [0.5, 0.6) is 0 Å². The number of hydrogen-bond donors (Lipinski definition) is 0. The van der Waals surface area contributed by atoms with Gasteiger partial charge in [0.2, 0.25) is 0 Å². The molecule has 3 rings (SSSR count). The van der Waals surface area contributed by atoms with Gasteiger partial charge in [0.15, 0.2) is 0 Å². The highest BCUT2D eigenvalue weighted by Crippen LogP contribution is 2.26. The fraction of sp³-hybridized carbons (Fsp3) is 0.733. The summed E-state index contributed by atoms with van der Waals surface area (Å²) in [4.78, 5) is 10.8. The Balaban J connectivity index is 1.42. The number of hydrogen-bond acceptors (Lipinski definition) is 4. The summed E-state index contributed by atoms with van der Waals surface area (Å²) in [7, 11) is 0.